The van der Waals surface area contributed by atoms with Crippen molar-refractivity contribution in [2.75, 3.05) is 12.5 Å². The first-order valence-electron chi connectivity index (χ1n) is 4.30. The van der Waals surface area contributed by atoms with E-state index >= 15 is 0 Å². The lowest BCUT2D eigenvalue weighted by Gasteiger charge is -1.99. The van der Waals surface area contributed by atoms with E-state index in [1.54, 1.807) is 0 Å². The topological polar surface area (TPSA) is 107 Å². The van der Waals surface area contributed by atoms with Crippen LogP contribution in [0.15, 0.2) is 32.9 Å². The Morgan fingerprint density at radius 3 is 1.94 bits per heavy atom. The van der Waals surface area contributed by atoms with Crippen LogP contribution in [0.5, 0.6) is 0 Å². The van der Waals surface area contributed by atoms with Crippen LogP contribution in [0.1, 0.15) is 0 Å². The number of nitro benzene ring substituents is 1. The number of hydrogen-bond acceptors (Lipinski definition) is 5. The van der Waals surface area contributed by atoms with Gasteiger partial charge in [-0.2, -0.15) is 8.42 Å². The molecule has 0 aliphatic carbocycles. The maximum absolute atomic E-state index is 11.6. The summed E-state index contributed by atoms with van der Waals surface area (Å²) in [6, 6.07) is 4.22. The molecule has 9 heteroatoms. The third-order valence-corrected chi connectivity index (χ3v) is 4.71. The Kier molecular flexibility index (Phi) is 3.53. The Bertz CT molecular complexity index is 646. The van der Waals surface area contributed by atoms with E-state index in [1.165, 1.54) is 12.5 Å². The van der Waals surface area contributed by atoms with Crippen molar-refractivity contribution >= 4 is 25.4 Å². The highest BCUT2D eigenvalue weighted by atomic mass is 32.3. The minimum atomic E-state index is -4.03. The van der Waals surface area contributed by atoms with E-state index in [0.717, 1.165) is 24.3 Å². The molecule has 0 saturated heterocycles. The molecule has 17 heavy (non-hydrogen) atoms. The summed E-state index contributed by atoms with van der Waals surface area (Å²) < 4.78 is 37.7. The predicted octanol–water partition coefficient (Wildman–Crippen LogP) is 1.01. The fourth-order valence-electron chi connectivity index (χ4n) is 1.02. The fraction of sp³-hybridized carbons (Fsp3) is 0.250. The molecule has 0 aromatic heterocycles. The van der Waals surface area contributed by atoms with E-state index in [2.05, 4.69) is 3.77 Å². The van der Waals surface area contributed by atoms with E-state index in [4.69, 9.17) is 0 Å². The molecule has 0 bridgehead atoms. The lowest BCUT2D eigenvalue weighted by Crippen LogP contribution is -2.02. The number of sulfonamides is 1. The minimum Gasteiger partial charge on any atom is -0.258 e. The van der Waals surface area contributed by atoms with Gasteiger partial charge in [-0.05, 0) is 12.1 Å². The van der Waals surface area contributed by atoms with Gasteiger partial charge in [-0.15, -0.1) is 3.77 Å². The predicted molar refractivity (Wildman–Crippen MR) is 62.7 cm³/mol. The zero-order valence-corrected chi connectivity index (χ0v) is 10.7. The number of rotatable bonds is 3. The number of benzene rings is 1. The van der Waals surface area contributed by atoms with Gasteiger partial charge in [0.05, 0.1) is 19.5 Å². The summed E-state index contributed by atoms with van der Waals surface area (Å²) in [5.74, 6) is 0. The second-order valence-electron chi connectivity index (χ2n) is 3.48. The molecule has 1 rings (SSSR count). The van der Waals surface area contributed by atoms with Crippen LogP contribution in [0.3, 0.4) is 0 Å². The maximum Gasteiger partial charge on any atom is 0.290 e. The third-order valence-electron chi connectivity index (χ3n) is 1.62. The quantitative estimate of drug-likeness (QED) is 0.605. The van der Waals surface area contributed by atoms with Gasteiger partial charge < -0.3 is 0 Å². The minimum absolute atomic E-state index is 0.223. The largest absolute Gasteiger partial charge is 0.290 e. The Morgan fingerprint density at radius 1 is 1.12 bits per heavy atom. The molecule has 0 N–H and O–H groups in total. The summed E-state index contributed by atoms with van der Waals surface area (Å²) in [6.07, 6.45) is 2.38. The van der Waals surface area contributed by atoms with Crippen LogP contribution in [0.4, 0.5) is 5.69 Å². The van der Waals surface area contributed by atoms with Crippen LogP contribution in [-0.2, 0) is 19.8 Å². The summed E-state index contributed by atoms with van der Waals surface area (Å²) in [4.78, 5) is 9.51. The average Bonchev–Trinajstić information content (AvgIpc) is 2.14. The smallest absolute Gasteiger partial charge is 0.258 e. The molecule has 1 aromatic carbocycles. The van der Waals surface area contributed by atoms with Gasteiger partial charge in [0.15, 0.2) is 0 Å². The molecule has 7 nitrogen and oxygen atoms in total. The number of hydrogen-bond donors (Lipinski definition) is 0. The monoisotopic (exact) mass is 278 g/mol. The molecule has 0 aliphatic rings. The molecule has 0 fully saturated rings. The highest BCUT2D eigenvalue weighted by Gasteiger charge is 2.16. The summed E-state index contributed by atoms with van der Waals surface area (Å²) in [7, 11) is -6.84. The van der Waals surface area contributed by atoms with Gasteiger partial charge in [0.2, 0.25) is 0 Å². The number of nitrogens with zero attached hydrogens (tertiary/aromatic N) is 2. The van der Waals surface area contributed by atoms with Crippen LogP contribution in [0.25, 0.3) is 0 Å². The second kappa shape index (κ2) is 4.41. The summed E-state index contributed by atoms with van der Waals surface area (Å²) in [6.45, 7) is 0. The average molecular weight is 278 g/mol. The fourth-order valence-corrected chi connectivity index (χ4v) is 3.73. The molecule has 0 spiro atoms. The highest BCUT2D eigenvalue weighted by Crippen LogP contribution is 2.18. The van der Waals surface area contributed by atoms with Crippen molar-refractivity contribution in [3.63, 3.8) is 0 Å². The summed E-state index contributed by atoms with van der Waals surface area (Å²) in [5.41, 5.74) is -0.224. The summed E-state index contributed by atoms with van der Waals surface area (Å²) in [5, 5.41) is 10.4. The first-order chi connectivity index (χ1) is 7.62. The molecule has 1 aromatic rings. The molecule has 0 unspecified atom stereocenters. The van der Waals surface area contributed by atoms with E-state index in [9.17, 15) is 22.7 Å². The first kappa shape index (κ1) is 13.6. The van der Waals surface area contributed by atoms with Gasteiger partial charge in [0.25, 0.3) is 15.7 Å². The van der Waals surface area contributed by atoms with Gasteiger partial charge in [-0.3, -0.25) is 10.1 Å². The molecule has 0 aliphatic heterocycles. The van der Waals surface area contributed by atoms with Crippen molar-refractivity contribution in [2.24, 2.45) is 3.77 Å². The SMILES string of the molecule is CS(C)(=O)=NS(=O)(=O)c1ccc([N+](=O)[O-])cc1. The zero-order chi connectivity index (χ0) is 13.3. The van der Waals surface area contributed by atoms with Gasteiger partial charge in [0.1, 0.15) is 0 Å². The van der Waals surface area contributed by atoms with Gasteiger partial charge >= 0.3 is 0 Å². The molecule has 0 saturated carbocycles. The van der Waals surface area contributed by atoms with E-state index in [0.29, 0.717) is 0 Å². The highest BCUT2D eigenvalue weighted by molar-refractivity contribution is 8.02. The van der Waals surface area contributed by atoms with Crippen LogP contribution >= 0.6 is 0 Å². The number of nitro groups is 1. The van der Waals surface area contributed by atoms with Crippen LogP contribution in [-0.4, -0.2) is 30.1 Å². The molecule has 94 valence electrons. The van der Waals surface area contributed by atoms with Gasteiger partial charge in [-0.1, -0.05) is 0 Å². The van der Waals surface area contributed by atoms with Crippen LogP contribution in [0.2, 0.25) is 0 Å². The Balaban J connectivity index is 3.28. The van der Waals surface area contributed by atoms with Crippen molar-refractivity contribution in [1.29, 1.82) is 0 Å². The van der Waals surface area contributed by atoms with Crippen LogP contribution in [0, 0.1) is 10.1 Å². The molecule has 0 heterocycles. The van der Waals surface area contributed by atoms with E-state index in [1.807, 2.05) is 0 Å². The van der Waals surface area contributed by atoms with Gasteiger partial charge in [0, 0.05) is 24.6 Å². The molecule has 0 radical (unpaired) electrons. The second-order valence-corrected chi connectivity index (χ2v) is 7.86. The van der Waals surface area contributed by atoms with Crippen molar-refractivity contribution in [3.8, 4) is 0 Å². The molecular weight excluding hydrogens is 268 g/mol. The molecular formula is C8H10N2O5S2. The Labute approximate surface area is 98.9 Å². The van der Waals surface area contributed by atoms with Crippen molar-refractivity contribution in [2.45, 2.75) is 4.90 Å². The maximum atomic E-state index is 11.6. The standard InChI is InChI=1S/C8H10N2O5S2/c1-16(2,13)9-17(14,15)8-5-3-7(4-6-8)10(11)12/h3-6H,1-2H3. The van der Waals surface area contributed by atoms with Crippen molar-refractivity contribution in [3.05, 3.63) is 34.4 Å². The Morgan fingerprint density at radius 2 is 1.59 bits per heavy atom. The van der Waals surface area contributed by atoms with E-state index in [-0.39, 0.29) is 10.6 Å². The van der Waals surface area contributed by atoms with Crippen molar-refractivity contribution < 1.29 is 17.6 Å². The Hall–Kier alpha value is -1.48. The van der Waals surface area contributed by atoms with Crippen LogP contribution < -0.4 is 0 Å². The first-order valence-corrected chi connectivity index (χ1v) is 8.07. The number of non-ortho nitro benzene ring substituents is 1. The van der Waals surface area contributed by atoms with Crippen molar-refractivity contribution in [1.82, 2.24) is 0 Å². The summed E-state index contributed by atoms with van der Waals surface area (Å²) >= 11 is 0. The zero-order valence-electron chi connectivity index (χ0n) is 9.06. The lowest BCUT2D eigenvalue weighted by molar-refractivity contribution is -0.384. The molecule has 0 atom stereocenters. The van der Waals surface area contributed by atoms with E-state index < -0.39 is 24.7 Å². The molecule has 0 amide bonds. The normalized spacial score (nSPS) is 12.1. The lowest BCUT2D eigenvalue weighted by atomic mass is 10.3. The van der Waals surface area contributed by atoms with Gasteiger partial charge in [-0.25, -0.2) is 4.21 Å². The third kappa shape index (κ3) is 3.79.